The summed E-state index contributed by atoms with van der Waals surface area (Å²) in [5.41, 5.74) is 0.150. The van der Waals surface area contributed by atoms with Crippen LogP contribution in [-0.4, -0.2) is 24.4 Å². The van der Waals surface area contributed by atoms with Crippen LogP contribution in [0.3, 0.4) is 0 Å². The third-order valence-corrected chi connectivity index (χ3v) is 3.10. The fourth-order valence-electron chi connectivity index (χ4n) is 1.69. The fraction of sp³-hybridized carbons (Fsp3) is 0.533. The van der Waals surface area contributed by atoms with Crippen molar-refractivity contribution in [3.05, 3.63) is 29.3 Å². The molecule has 0 spiro atoms. The third-order valence-electron chi connectivity index (χ3n) is 2.54. The molecule has 0 aliphatic rings. The zero-order valence-electron chi connectivity index (χ0n) is 12.1. The number of alkyl halides is 1. The summed E-state index contributed by atoms with van der Waals surface area (Å²) in [6.45, 7) is 6.78. The van der Waals surface area contributed by atoms with Gasteiger partial charge in [-0.1, -0.05) is 32.4 Å². The lowest BCUT2D eigenvalue weighted by Crippen LogP contribution is -2.34. The molecule has 1 rings (SSSR count). The van der Waals surface area contributed by atoms with E-state index in [9.17, 15) is 4.79 Å². The van der Waals surface area contributed by atoms with Gasteiger partial charge in [-0.3, -0.25) is 4.79 Å². The molecular formula is C15H21Cl2NO2. The molecule has 0 saturated heterocycles. The number of rotatable bonds is 6. The van der Waals surface area contributed by atoms with Gasteiger partial charge in [0.2, 0.25) is 0 Å². The maximum absolute atomic E-state index is 11.6. The number of nitrogens with one attached hydrogen (secondary N) is 1. The first-order chi connectivity index (χ1) is 9.26. The van der Waals surface area contributed by atoms with E-state index < -0.39 is 0 Å². The molecule has 3 nitrogen and oxygen atoms in total. The number of benzene rings is 1. The summed E-state index contributed by atoms with van der Waals surface area (Å²) < 4.78 is 5.34. The van der Waals surface area contributed by atoms with Crippen LogP contribution >= 0.6 is 23.2 Å². The zero-order chi connectivity index (χ0) is 15.2. The van der Waals surface area contributed by atoms with Crippen molar-refractivity contribution in [2.45, 2.75) is 32.6 Å². The second kappa shape index (κ2) is 7.75. The van der Waals surface area contributed by atoms with E-state index >= 15 is 0 Å². The molecule has 1 aromatic rings. The van der Waals surface area contributed by atoms with Crippen LogP contribution in [0.2, 0.25) is 5.02 Å². The standard InChI is InChI=1S/C15H21Cl2NO2/c1-15(2,3)8-12(17)9-18-14(19)10-20-13-6-4-11(16)5-7-13/h4-7,12H,8-10H2,1-3H3,(H,18,19). The van der Waals surface area contributed by atoms with Gasteiger partial charge in [-0.2, -0.15) is 0 Å². The topological polar surface area (TPSA) is 38.3 Å². The molecule has 1 atom stereocenters. The molecule has 112 valence electrons. The first-order valence-electron chi connectivity index (χ1n) is 6.55. The lowest BCUT2D eigenvalue weighted by molar-refractivity contribution is -0.123. The monoisotopic (exact) mass is 317 g/mol. The third kappa shape index (κ3) is 7.61. The summed E-state index contributed by atoms with van der Waals surface area (Å²) in [6.07, 6.45) is 0.840. The number of hydrogen-bond acceptors (Lipinski definition) is 2. The van der Waals surface area contributed by atoms with Gasteiger partial charge in [-0.05, 0) is 36.1 Å². The van der Waals surface area contributed by atoms with Crippen molar-refractivity contribution in [2.75, 3.05) is 13.2 Å². The van der Waals surface area contributed by atoms with Crippen LogP contribution in [0, 0.1) is 5.41 Å². The van der Waals surface area contributed by atoms with Crippen molar-refractivity contribution in [2.24, 2.45) is 5.41 Å². The number of carbonyl (C=O) groups is 1. The Kier molecular flexibility index (Phi) is 6.63. The highest BCUT2D eigenvalue weighted by atomic mass is 35.5. The molecule has 1 aromatic carbocycles. The van der Waals surface area contributed by atoms with Crippen molar-refractivity contribution < 1.29 is 9.53 Å². The summed E-state index contributed by atoms with van der Waals surface area (Å²) in [7, 11) is 0. The second-order valence-corrected chi connectivity index (χ2v) is 6.96. The van der Waals surface area contributed by atoms with E-state index in [1.807, 2.05) is 0 Å². The van der Waals surface area contributed by atoms with E-state index in [4.69, 9.17) is 27.9 Å². The van der Waals surface area contributed by atoms with Crippen LogP contribution in [-0.2, 0) is 4.79 Å². The van der Waals surface area contributed by atoms with Crippen LogP contribution < -0.4 is 10.1 Å². The minimum Gasteiger partial charge on any atom is -0.484 e. The number of ether oxygens (including phenoxy) is 1. The Morgan fingerprint density at radius 3 is 2.45 bits per heavy atom. The Hall–Kier alpha value is -0.930. The first-order valence-corrected chi connectivity index (χ1v) is 7.37. The molecule has 20 heavy (non-hydrogen) atoms. The Morgan fingerprint density at radius 1 is 1.30 bits per heavy atom. The molecule has 0 fully saturated rings. The molecule has 5 heteroatoms. The van der Waals surface area contributed by atoms with Gasteiger partial charge in [-0.25, -0.2) is 0 Å². The van der Waals surface area contributed by atoms with Crippen molar-refractivity contribution in [3.63, 3.8) is 0 Å². The van der Waals surface area contributed by atoms with Gasteiger partial charge in [0.1, 0.15) is 5.75 Å². The average Bonchev–Trinajstić information content (AvgIpc) is 2.33. The largest absolute Gasteiger partial charge is 0.484 e. The highest BCUT2D eigenvalue weighted by Gasteiger charge is 2.17. The smallest absolute Gasteiger partial charge is 0.257 e. The summed E-state index contributed by atoms with van der Waals surface area (Å²) in [6, 6.07) is 6.87. The van der Waals surface area contributed by atoms with Crippen LogP contribution in [0.15, 0.2) is 24.3 Å². The lowest BCUT2D eigenvalue weighted by Gasteiger charge is -2.21. The van der Waals surface area contributed by atoms with Crippen molar-refractivity contribution in [3.8, 4) is 5.75 Å². The number of hydrogen-bond donors (Lipinski definition) is 1. The summed E-state index contributed by atoms with van der Waals surface area (Å²) >= 11 is 11.9. The van der Waals surface area contributed by atoms with E-state index in [2.05, 4.69) is 26.1 Å². The van der Waals surface area contributed by atoms with Gasteiger partial charge in [0.25, 0.3) is 5.91 Å². The number of carbonyl (C=O) groups excluding carboxylic acids is 1. The average molecular weight is 318 g/mol. The zero-order valence-corrected chi connectivity index (χ0v) is 13.6. The molecule has 0 aromatic heterocycles. The maximum atomic E-state index is 11.6. The number of amides is 1. The lowest BCUT2D eigenvalue weighted by atomic mass is 9.90. The summed E-state index contributed by atoms with van der Waals surface area (Å²) in [5, 5.41) is 3.32. The normalized spacial score (nSPS) is 12.8. The summed E-state index contributed by atoms with van der Waals surface area (Å²) in [5.74, 6) is 0.432. The molecule has 0 bridgehead atoms. The minimum absolute atomic E-state index is 0.0270. The summed E-state index contributed by atoms with van der Waals surface area (Å²) in [4.78, 5) is 11.6. The molecule has 1 N–H and O–H groups in total. The van der Waals surface area contributed by atoms with Gasteiger partial charge < -0.3 is 10.1 Å². The first kappa shape index (κ1) is 17.1. The minimum atomic E-state index is -0.181. The van der Waals surface area contributed by atoms with Gasteiger partial charge in [0.15, 0.2) is 6.61 Å². The van der Waals surface area contributed by atoms with E-state index in [0.717, 1.165) is 6.42 Å². The molecule has 1 amide bonds. The predicted molar refractivity (Wildman–Crippen MR) is 83.7 cm³/mol. The van der Waals surface area contributed by atoms with E-state index in [0.29, 0.717) is 17.3 Å². The van der Waals surface area contributed by atoms with Gasteiger partial charge >= 0.3 is 0 Å². The van der Waals surface area contributed by atoms with Crippen LogP contribution in [0.1, 0.15) is 27.2 Å². The van der Waals surface area contributed by atoms with Gasteiger partial charge in [0, 0.05) is 11.6 Å². The molecular weight excluding hydrogens is 297 g/mol. The van der Waals surface area contributed by atoms with Gasteiger partial charge in [-0.15, -0.1) is 11.6 Å². The Bertz CT molecular complexity index is 426. The number of halogens is 2. The SMILES string of the molecule is CC(C)(C)CC(Cl)CNC(=O)COc1ccc(Cl)cc1. The quantitative estimate of drug-likeness (QED) is 0.809. The Morgan fingerprint density at radius 2 is 1.90 bits per heavy atom. The van der Waals surface area contributed by atoms with E-state index in [-0.39, 0.29) is 23.3 Å². The second-order valence-electron chi connectivity index (χ2n) is 5.91. The highest BCUT2D eigenvalue weighted by Crippen LogP contribution is 2.23. The van der Waals surface area contributed by atoms with Crippen LogP contribution in [0.25, 0.3) is 0 Å². The molecule has 0 aliphatic carbocycles. The van der Waals surface area contributed by atoms with E-state index in [1.54, 1.807) is 24.3 Å². The van der Waals surface area contributed by atoms with Crippen molar-refractivity contribution in [1.29, 1.82) is 0 Å². The molecule has 0 radical (unpaired) electrons. The van der Waals surface area contributed by atoms with Gasteiger partial charge in [0.05, 0.1) is 5.38 Å². The van der Waals surface area contributed by atoms with E-state index in [1.165, 1.54) is 0 Å². The Labute approximate surface area is 130 Å². The molecule has 0 saturated carbocycles. The van der Waals surface area contributed by atoms with Crippen LogP contribution in [0.5, 0.6) is 5.75 Å². The fourth-order valence-corrected chi connectivity index (χ4v) is 2.36. The maximum Gasteiger partial charge on any atom is 0.257 e. The Balaban J connectivity index is 2.25. The van der Waals surface area contributed by atoms with Crippen molar-refractivity contribution in [1.82, 2.24) is 5.32 Å². The predicted octanol–water partition coefficient (Wildman–Crippen LogP) is 3.88. The molecule has 0 aliphatic heterocycles. The molecule has 0 heterocycles. The van der Waals surface area contributed by atoms with Crippen LogP contribution in [0.4, 0.5) is 0 Å². The molecule has 1 unspecified atom stereocenters. The van der Waals surface area contributed by atoms with Crippen molar-refractivity contribution >= 4 is 29.1 Å². The highest BCUT2D eigenvalue weighted by molar-refractivity contribution is 6.30.